The third kappa shape index (κ3) is 3.63. The minimum atomic E-state index is -4.50. The fourth-order valence-electron chi connectivity index (χ4n) is 3.80. The van der Waals surface area contributed by atoms with Crippen molar-refractivity contribution < 1.29 is 27.5 Å². The summed E-state index contributed by atoms with van der Waals surface area (Å²) in [7, 11) is 0. The summed E-state index contributed by atoms with van der Waals surface area (Å²) < 4.78 is 46.1. The second-order valence-corrected chi connectivity index (χ2v) is 8.24. The van der Waals surface area contributed by atoms with E-state index in [0.717, 1.165) is 17.8 Å². The molecule has 4 aromatic heterocycles. The lowest BCUT2D eigenvalue weighted by Gasteiger charge is -2.32. The van der Waals surface area contributed by atoms with Crippen LogP contribution in [-0.2, 0) is 18.2 Å². The van der Waals surface area contributed by atoms with Crippen LogP contribution in [0.4, 0.5) is 13.2 Å². The van der Waals surface area contributed by atoms with Gasteiger partial charge < -0.3 is 19.4 Å². The smallest absolute Gasteiger partial charge is 0.414 e. The van der Waals surface area contributed by atoms with Gasteiger partial charge in [-0.25, -0.2) is 9.50 Å². The number of carbonyl (C=O) groups is 1. The first-order valence-electron chi connectivity index (χ1n) is 9.98. The molecule has 0 radical (unpaired) electrons. The number of hydrogen-bond acceptors (Lipinski definition) is 7. The molecule has 0 spiro atoms. The highest BCUT2D eigenvalue weighted by Crippen LogP contribution is 2.35. The largest absolute Gasteiger partial charge is 0.416 e. The van der Waals surface area contributed by atoms with Crippen LogP contribution in [0.5, 0.6) is 0 Å². The van der Waals surface area contributed by atoms with E-state index in [1.165, 1.54) is 41.9 Å². The zero-order valence-corrected chi connectivity index (χ0v) is 17.5. The fraction of sp³-hybridized carbons (Fsp3) is 0.350. The van der Waals surface area contributed by atoms with Crippen LogP contribution in [0.2, 0.25) is 0 Å². The van der Waals surface area contributed by atoms with Crippen LogP contribution < -0.4 is 0 Å². The number of aromatic amines is 1. The van der Waals surface area contributed by atoms with E-state index in [4.69, 9.17) is 4.42 Å². The predicted octanol–water partition coefficient (Wildman–Crippen LogP) is 2.47. The number of imidazole rings is 1. The number of hydrogen-bond donors (Lipinski definition) is 2. The van der Waals surface area contributed by atoms with Gasteiger partial charge in [0, 0.05) is 24.9 Å². The standard InChI is InChI=1S/C20H18F3N7O3/c1-19(2,32)18-27-26-16(33-18)17(31)29-5-4-12-14(25-9-24-12)15(29)13-8-11-7-10(20(21,22)23)3-6-30(11)28-13/h3,6-9,15,32H,4-5H2,1-2H3,(H,24,25). The van der Waals surface area contributed by atoms with Crippen LogP contribution in [0, 0.1) is 0 Å². The van der Waals surface area contributed by atoms with Gasteiger partial charge in [-0.15, -0.1) is 10.2 Å². The molecule has 0 saturated carbocycles. The van der Waals surface area contributed by atoms with Crippen molar-refractivity contribution in [2.75, 3.05) is 6.54 Å². The number of rotatable bonds is 3. The van der Waals surface area contributed by atoms with Crippen molar-refractivity contribution >= 4 is 11.4 Å². The number of nitrogens with one attached hydrogen (secondary N) is 1. The Hall–Kier alpha value is -3.74. The molecule has 1 amide bonds. The minimum Gasteiger partial charge on any atom is -0.414 e. The molecule has 1 atom stereocenters. The quantitative estimate of drug-likeness (QED) is 0.480. The van der Waals surface area contributed by atoms with Crippen LogP contribution in [0.15, 0.2) is 35.1 Å². The third-order valence-corrected chi connectivity index (χ3v) is 5.41. The Bertz CT molecular complexity index is 1350. The van der Waals surface area contributed by atoms with Crippen molar-refractivity contribution in [3.05, 3.63) is 65.1 Å². The second kappa shape index (κ2) is 7.13. The van der Waals surface area contributed by atoms with Crippen molar-refractivity contribution in [3.8, 4) is 0 Å². The van der Waals surface area contributed by atoms with Gasteiger partial charge in [-0.2, -0.15) is 18.3 Å². The molecule has 0 fully saturated rings. The number of alkyl halides is 3. The lowest BCUT2D eigenvalue weighted by Crippen LogP contribution is -2.41. The first-order valence-corrected chi connectivity index (χ1v) is 9.98. The summed E-state index contributed by atoms with van der Waals surface area (Å²) in [6.07, 6.45) is -1.32. The number of nitrogens with zero attached hydrogens (tertiary/aromatic N) is 6. The molecule has 1 unspecified atom stereocenters. The van der Waals surface area contributed by atoms with Crippen LogP contribution >= 0.6 is 0 Å². The zero-order valence-electron chi connectivity index (χ0n) is 17.5. The molecule has 1 aliphatic heterocycles. The lowest BCUT2D eigenvalue weighted by atomic mass is 9.99. The van der Waals surface area contributed by atoms with Crippen molar-refractivity contribution in [2.45, 2.75) is 38.1 Å². The Morgan fingerprint density at radius 2 is 2.06 bits per heavy atom. The molecule has 172 valence electrons. The van der Waals surface area contributed by atoms with E-state index in [1.54, 1.807) is 0 Å². The maximum Gasteiger partial charge on any atom is 0.416 e. The molecular formula is C20H18F3N7O3. The summed E-state index contributed by atoms with van der Waals surface area (Å²) in [6.45, 7) is 3.14. The van der Waals surface area contributed by atoms with Crippen molar-refractivity contribution in [2.24, 2.45) is 0 Å². The molecule has 33 heavy (non-hydrogen) atoms. The summed E-state index contributed by atoms with van der Waals surface area (Å²) in [6, 6.07) is 2.62. The number of fused-ring (bicyclic) bond motifs is 2. The molecule has 5 heterocycles. The Labute approximate surface area is 184 Å². The van der Waals surface area contributed by atoms with Gasteiger partial charge in [-0.05, 0) is 32.0 Å². The number of aliphatic hydroxyl groups is 1. The number of pyridine rings is 1. The van der Waals surface area contributed by atoms with E-state index in [-0.39, 0.29) is 23.8 Å². The van der Waals surface area contributed by atoms with E-state index in [2.05, 4.69) is 25.3 Å². The zero-order chi connectivity index (χ0) is 23.5. The van der Waals surface area contributed by atoms with E-state index >= 15 is 0 Å². The average Bonchev–Trinajstić information content (AvgIpc) is 3.49. The molecule has 1 aliphatic rings. The van der Waals surface area contributed by atoms with Gasteiger partial charge in [0.2, 0.25) is 5.89 Å². The molecule has 5 rings (SSSR count). The fourth-order valence-corrected chi connectivity index (χ4v) is 3.80. The van der Waals surface area contributed by atoms with Crippen molar-refractivity contribution in [1.82, 2.24) is 34.7 Å². The highest BCUT2D eigenvalue weighted by molar-refractivity contribution is 5.90. The van der Waals surface area contributed by atoms with Gasteiger partial charge in [0.1, 0.15) is 11.6 Å². The van der Waals surface area contributed by atoms with Gasteiger partial charge in [-0.3, -0.25) is 4.79 Å². The number of halogens is 3. The summed E-state index contributed by atoms with van der Waals surface area (Å²) in [4.78, 5) is 22.1. The van der Waals surface area contributed by atoms with Gasteiger partial charge in [0.05, 0.1) is 28.8 Å². The monoisotopic (exact) mass is 461 g/mol. The van der Waals surface area contributed by atoms with Gasteiger partial charge >= 0.3 is 18.0 Å². The Morgan fingerprint density at radius 3 is 2.76 bits per heavy atom. The van der Waals surface area contributed by atoms with Crippen LogP contribution in [-0.4, -0.2) is 52.2 Å². The molecule has 0 aliphatic carbocycles. The molecule has 13 heteroatoms. The summed E-state index contributed by atoms with van der Waals surface area (Å²) in [5.74, 6) is -1.05. The van der Waals surface area contributed by atoms with Crippen LogP contribution in [0.25, 0.3) is 5.52 Å². The average molecular weight is 461 g/mol. The third-order valence-electron chi connectivity index (χ3n) is 5.41. The topological polar surface area (TPSA) is 125 Å². The molecule has 0 bridgehead atoms. The van der Waals surface area contributed by atoms with Crippen LogP contribution in [0.1, 0.15) is 59.1 Å². The molecule has 2 N–H and O–H groups in total. The molecule has 4 aromatic rings. The Balaban J connectivity index is 1.57. The van der Waals surface area contributed by atoms with E-state index in [0.29, 0.717) is 17.8 Å². The Kier molecular flexibility index (Phi) is 4.57. The molecule has 0 aromatic carbocycles. The second-order valence-electron chi connectivity index (χ2n) is 8.24. The number of amides is 1. The first kappa shape index (κ1) is 21.1. The first-order chi connectivity index (χ1) is 15.5. The van der Waals surface area contributed by atoms with E-state index < -0.39 is 29.3 Å². The van der Waals surface area contributed by atoms with Crippen molar-refractivity contribution in [1.29, 1.82) is 0 Å². The number of aromatic nitrogens is 6. The number of carbonyl (C=O) groups excluding carboxylic acids is 1. The Morgan fingerprint density at radius 1 is 1.27 bits per heavy atom. The maximum absolute atomic E-state index is 13.3. The SMILES string of the molecule is CC(C)(O)c1nnc(C(=O)N2CCc3[nH]cnc3C2c2cc3cc(C(F)(F)F)ccn3n2)o1. The highest BCUT2D eigenvalue weighted by Gasteiger charge is 2.39. The maximum atomic E-state index is 13.3. The van der Waals surface area contributed by atoms with Gasteiger partial charge in [-0.1, -0.05) is 0 Å². The van der Waals surface area contributed by atoms with Gasteiger partial charge in [0.25, 0.3) is 0 Å². The predicted molar refractivity (Wildman–Crippen MR) is 105 cm³/mol. The summed E-state index contributed by atoms with van der Waals surface area (Å²) >= 11 is 0. The molecule has 10 nitrogen and oxygen atoms in total. The number of H-pyrrole nitrogens is 1. The van der Waals surface area contributed by atoms with Crippen LogP contribution in [0.3, 0.4) is 0 Å². The molecule has 0 saturated heterocycles. The summed E-state index contributed by atoms with van der Waals surface area (Å²) in [5.41, 5.74) is -0.366. The van der Waals surface area contributed by atoms with Crippen molar-refractivity contribution in [3.63, 3.8) is 0 Å². The lowest BCUT2D eigenvalue weighted by molar-refractivity contribution is -0.137. The minimum absolute atomic E-state index is 0.118. The molecular weight excluding hydrogens is 443 g/mol. The normalized spacial score (nSPS) is 16.9. The van der Waals surface area contributed by atoms with E-state index in [9.17, 15) is 23.1 Å². The van der Waals surface area contributed by atoms with E-state index in [1.807, 2.05) is 0 Å². The van der Waals surface area contributed by atoms with Gasteiger partial charge in [0.15, 0.2) is 0 Å². The highest BCUT2D eigenvalue weighted by atomic mass is 19.4. The summed E-state index contributed by atoms with van der Waals surface area (Å²) in [5, 5.41) is 22.0.